The Morgan fingerprint density at radius 1 is 0.392 bits per heavy atom. The fourth-order valence-corrected chi connectivity index (χ4v) is 3.84. The van der Waals surface area contributed by atoms with Crippen LogP contribution in [0.1, 0.15) is 1.43 Å². The molecule has 264 valence electrons. The third-order valence-electron chi connectivity index (χ3n) is 5.82. The molecule has 0 aromatic heterocycles. The van der Waals surface area contributed by atoms with Crippen molar-refractivity contribution in [2.24, 2.45) is 0 Å². The largest absolute Gasteiger partial charge is 1.00 e. The minimum atomic E-state index is 0. The molecule has 0 spiro atoms. The van der Waals surface area contributed by atoms with Crippen molar-refractivity contribution in [3.05, 3.63) is 164 Å². The van der Waals surface area contributed by atoms with Gasteiger partial charge in [0.1, 0.15) is 51.7 Å². The Morgan fingerprint density at radius 3 is 1.00 bits per heavy atom. The van der Waals surface area contributed by atoms with Gasteiger partial charge in [0.2, 0.25) is 6.79 Å². The van der Waals surface area contributed by atoms with Gasteiger partial charge in [0, 0.05) is 19.6 Å². The number of halogens is 4. The number of hydrogen-bond acceptors (Lipinski definition) is 7. The molecule has 0 aliphatic carbocycles. The number of para-hydroxylation sites is 3. The van der Waals surface area contributed by atoms with Crippen LogP contribution in [0.25, 0.3) is 0 Å². The minimum Gasteiger partial charge on any atom is -0.870 e. The Morgan fingerprint density at radius 2 is 0.667 bits per heavy atom. The molecule has 0 radical (unpaired) electrons. The van der Waals surface area contributed by atoms with E-state index in [9.17, 15) is 5.11 Å². The molecule has 51 heavy (non-hydrogen) atoms. The van der Waals surface area contributed by atoms with Crippen molar-refractivity contribution in [3.63, 3.8) is 0 Å². The van der Waals surface area contributed by atoms with E-state index in [2.05, 4.69) is 0 Å². The van der Waals surface area contributed by atoms with E-state index in [1.165, 1.54) is 0 Å². The molecule has 0 amide bonds. The van der Waals surface area contributed by atoms with Gasteiger partial charge in [-0.3, -0.25) is 0 Å². The summed E-state index contributed by atoms with van der Waals surface area (Å²) in [5, 5.41) is 9.60. The van der Waals surface area contributed by atoms with Gasteiger partial charge in [-0.15, -0.1) is 46.4 Å². The van der Waals surface area contributed by atoms with Crippen LogP contribution >= 0.6 is 46.4 Å². The van der Waals surface area contributed by atoms with Crippen molar-refractivity contribution in [1.82, 2.24) is 0 Å². The van der Waals surface area contributed by atoms with Gasteiger partial charge in [-0.1, -0.05) is 72.8 Å². The molecule has 6 aromatic carbocycles. The van der Waals surface area contributed by atoms with Gasteiger partial charge >= 0.3 is 29.6 Å². The number of aromatic hydroxyl groups is 1. The predicted molar refractivity (Wildman–Crippen MR) is 204 cm³/mol. The number of hydrogen-bond donors (Lipinski definition) is 1. The van der Waals surface area contributed by atoms with Gasteiger partial charge in [-0.25, -0.2) is 0 Å². The van der Waals surface area contributed by atoms with Crippen LogP contribution in [-0.2, 0) is 0 Å². The maximum atomic E-state index is 9.21. The first kappa shape index (κ1) is 45.3. The van der Waals surface area contributed by atoms with E-state index in [-0.39, 0.29) is 59.7 Å². The summed E-state index contributed by atoms with van der Waals surface area (Å²) in [6.07, 6.45) is 0. The SMILES string of the molecule is ClCCl.ClCCl.Oc1cccc(Oc2ccccc2)c1.[2HH].[Na+].[OH-].c1ccc(Oc2cccc(OCOc3cccc(Oc4ccccc4)c3)c2)cc1. The van der Waals surface area contributed by atoms with Crippen molar-refractivity contribution in [2.45, 2.75) is 0 Å². The standard InChI is InChI=1S/C25H20O4.C12H10O2.2CH2Cl2.Na.H2O.H2/c1-3-9-20(10-4-1)28-24-15-7-13-22(17-24)26-19-27-23-14-8-16-25(18-23)29-21-11-5-2-6-12-21;13-10-5-4-8-12(9-10)14-11-6-2-1-3-7-11;2*2-1-3;;;/h1-18H,19H2;1-9,13H;2*1H2;;1H2;1H/q;;;;+1;;/p-1/i;;;;;;1+1. The topological polar surface area (TPSA) is 96.4 Å². The average molecular weight is 784 g/mol. The van der Waals surface area contributed by atoms with Crippen LogP contribution in [0, 0.1) is 0 Å². The quantitative estimate of drug-likeness (QED) is 0.0840. The zero-order chi connectivity index (χ0) is 34.9. The number of phenolic OH excluding ortho intramolecular Hbond substituents is 1. The number of phenols is 1. The van der Waals surface area contributed by atoms with Crippen molar-refractivity contribution in [3.8, 4) is 51.7 Å². The fraction of sp³-hybridized carbons (Fsp3) is 0.0769. The van der Waals surface area contributed by atoms with Gasteiger partial charge in [-0.2, -0.15) is 0 Å². The zero-order valence-corrected chi connectivity index (χ0v) is 32.7. The molecule has 0 aliphatic rings. The maximum absolute atomic E-state index is 9.21. The Kier molecular flexibility index (Phi) is 24.8. The molecule has 6 rings (SSSR count). The van der Waals surface area contributed by atoms with Crippen LogP contribution in [0.4, 0.5) is 0 Å². The van der Waals surface area contributed by atoms with E-state index in [4.69, 9.17) is 70.1 Å². The summed E-state index contributed by atoms with van der Waals surface area (Å²) in [6.45, 7) is 0.0730. The Labute approximate surface area is 342 Å². The van der Waals surface area contributed by atoms with E-state index in [1.807, 2.05) is 140 Å². The van der Waals surface area contributed by atoms with Crippen LogP contribution < -0.4 is 53.2 Å². The summed E-state index contributed by atoms with van der Waals surface area (Å²) < 4.78 is 28.5. The predicted octanol–water partition coefficient (Wildman–Crippen LogP) is 9.79. The van der Waals surface area contributed by atoms with Gasteiger partial charge in [-0.05, 0) is 72.8 Å². The summed E-state index contributed by atoms with van der Waals surface area (Å²) in [7, 11) is 0. The summed E-state index contributed by atoms with van der Waals surface area (Å²) in [5.41, 5.74) is 0. The van der Waals surface area contributed by atoms with Gasteiger partial charge in [0.25, 0.3) is 0 Å². The number of rotatable bonds is 10. The van der Waals surface area contributed by atoms with Crippen molar-refractivity contribution in [2.75, 3.05) is 17.5 Å². The molecule has 12 heteroatoms. The third-order valence-corrected chi connectivity index (χ3v) is 5.82. The molecular formula is C39H37Cl4NaO7. The molecule has 0 bridgehead atoms. The molecule has 0 saturated carbocycles. The van der Waals surface area contributed by atoms with E-state index >= 15 is 0 Å². The first-order chi connectivity index (χ1) is 24.0. The number of alkyl halides is 4. The van der Waals surface area contributed by atoms with E-state index in [0.717, 1.165) is 17.2 Å². The first-order valence-electron chi connectivity index (χ1n) is 14.7. The monoisotopic (exact) mass is 781 g/mol. The van der Waals surface area contributed by atoms with Gasteiger partial charge in [0.15, 0.2) is 0 Å². The Hall–Kier alpha value is -3.76. The molecule has 6 aromatic rings. The molecule has 0 unspecified atom stereocenters. The van der Waals surface area contributed by atoms with Gasteiger partial charge < -0.3 is 34.3 Å². The molecule has 2 N–H and O–H groups in total. The summed E-state index contributed by atoms with van der Waals surface area (Å²) in [4.78, 5) is 0. The Balaban J connectivity index is 0.000000953. The second kappa shape index (κ2) is 27.9. The van der Waals surface area contributed by atoms with Crippen molar-refractivity contribution in [1.29, 1.82) is 0 Å². The number of ether oxygens (including phenoxy) is 5. The molecule has 0 atom stereocenters. The average Bonchev–Trinajstić information content (AvgIpc) is 3.11. The fourth-order valence-electron chi connectivity index (χ4n) is 3.84. The molecule has 0 heterocycles. The smallest absolute Gasteiger partial charge is 0.870 e. The van der Waals surface area contributed by atoms with Crippen LogP contribution in [0.5, 0.6) is 51.7 Å². The van der Waals surface area contributed by atoms with Crippen LogP contribution in [0.2, 0.25) is 0 Å². The van der Waals surface area contributed by atoms with Crippen molar-refractivity contribution >= 4 is 46.4 Å². The second-order valence-corrected chi connectivity index (χ2v) is 10.9. The Bertz CT molecular complexity index is 1660. The third kappa shape index (κ3) is 19.4. The number of benzene rings is 6. The van der Waals surface area contributed by atoms with E-state index in [0.29, 0.717) is 28.7 Å². The second-order valence-electron chi connectivity index (χ2n) is 9.30. The van der Waals surface area contributed by atoms with E-state index in [1.54, 1.807) is 24.3 Å². The van der Waals surface area contributed by atoms with Gasteiger partial charge in [0.05, 0.1) is 10.7 Å². The first-order valence-corrected chi connectivity index (χ1v) is 16.8. The van der Waals surface area contributed by atoms with E-state index < -0.39 is 0 Å². The molecule has 7 nitrogen and oxygen atoms in total. The minimum absolute atomic E-state index is 0. The van der Waals surface area contributed by atoms with Crippen molar-refractivity contribution < 1.29 is 65.3 Å². The normalized spacial score (nSPS) is 9.18. The summed E-state index contributed by atoms with van der Waals surface area (Å²) in [6, 6.07) is 50.3. The molecular weight excluding hydrogens is 745 g/mol. The summed E-state index contributed by atoms with van der Waals surface area (Å²) >= 11 is 19.1. The van der Waals surface area contributed by atoms with Crippen LogP contribution in [-0.4, -0.2) is 28.1 Å². The van der Waals surface area contributed by atoms with Crippen LogP contribution in [0.3, 0.4) is 0 Å². The maximum Gasteiger partial charge on any atom is 1.00 e. The van der Waals surface area contributed by atoms with Crippen LogP contribution in [0.15, 0.2) is 164 Å². The zero-order valence-electron chi connectivity index (χ0n) is 27.7. The molecule has 0 saturated heterocycles. The molecule has 0 fully saturated rings. The molecule has 0 aliphatic heterocycles. The summed E-state index contributed by atoms with van der Waals surface area (Å²) in [5.74, 6) is 5.88.